The molecule has 0 saturated carbocycles. The van der Waals surface area contributed by atoms with E-state index in [0.29, 0.717) is 31.3 Å². The summed E-state index contributed by atoms with van der Waals surface area (Å²) >= 11 is 0. The van der Waals surface area contributed by atoms with Crippen LogP contribution in [0.2, 0.25) is 0 Å². The van der Waals surface area contributed by atoms with Gasteiger partial charge in [-0.1, -0.05) is 6.92 Å². The standard InChI is InChI=1S/C14H21N3O3/c1-2-11-15-16-12(20-11)10-17-8-7-14(5-3-9-19-14)6-4-13(17)18/h2-10H2,1H3/t14-/m0/s1. The zero-order valence-electron chi connectivity index (χ0n) is 11.9. The van der Waals surface area contributed by atoms with E-state index >= 15 is 0 Å². The van der Waals surface area contributed by atoms with Crippen molar-refractivity contribution in [3.8, 4) is 0 Å². The van der Waals surface area contributed by atoms with Gasteiger partial charge in [0.25, 0.3) is 0 Å². The Bertz CT molecular complexity index is 480. The molecule has 0 radical (unpaired) electrons. The summed E-state index contributed by atoms with van der Waals surface area (Å²) in [5.74, 6) is 1.31. The van der Waals surface area contributed by atoms with Crippen molar-refractivity contribution in [1.29, 1.82) is 0 Å². The second-order valence-corrected chi connectivity index (χ2v) is 5.64. The number of hydrogen-bond acceptors (Lipinski definition) is 5. The van der Waals surface area contributed by atoms with Gasteiger partial charge in [0.1, 0.15) is 0 Å². The van der Waals surface area contributed by atoms with E-state index in [2.05, 4.69) is 10.2 Å². The lowest BCUT2D eigenvalue weighted by Crippen LogP contribution is -2.32. The number of ether oxygens (including phenoxy) is 1. The van der Waals surface area contributed by atoms with Crippen LogP contribution in [0.3, 0.4) is 0 Å². The maximum atomic E-state index is 12.2. The third-order valence-electron chi connectivity index (χ3n) is 4.31. The molecule has 2 fully saturated rings. The molecule has 20 heavy (non-hydrogen) atoms. The highest BCUT2D eigenvalue weighted by molar-refractivity contribution is 5.76. The molecule has 2 aliphatic rings. The topological polar surface area (TPSA) is 68.5 Å². The van der Waals surface area contributed by atoms with E-state index in [1.54, 1.807) is 0 Å². The molecule has 1 aromatic rings. The number of carbonyl (C=O) groups excluding carboxylic acids is 1. The molecular formula is C14H21N3O3. The Morgan fingerprint density at radius 2 is 2.10 bits per heavy atom. The second kappa shape index (κ2) is 5.52. The Morgan fingerprint density at radius 1 is 1.25 bits per heavy atom. The number of aromatic nitrogens is 2. The summed E-state index contributed by atoms with van der Waals surface area (Å²) < 4.78 is 11.4. The monoisotopic (exact) mass is 279 g/mol. The van der Waals surface area contributed by atoms with Gasteiger partial charge in [-0.3, -0.25) is 4.79 Å². The van der Waals surface area contributed by atoms with Gasteiger partial charge in [-0.05, 0) is 25.7 Å². The van der Waals surface area contributed by atoms with Crippen molar-refractivity contribution in [3.63, 3.8) is 0 Å². The van der Waals surface area contributed by atoms with Gasteiger partial charge in [0.2, 0.25) is 17.7 Å². The zero-order chi connectivity index (χ0) is 14.0. The minimum Gasteiger partial charge on any atom is -0.423 e. The third-order valence-corrected chi connectivity index (χ3v) is 4.31. The highest BCUT2D eigenvalue weighted by Crippen LogP contribution is 2.36. The van der Waals surface area contributed by atoms with Gasteiger partial charge < -0.3 is 14.1 Å². The molecule has 1 spiro atoms. The van der Waals surface area contributed by atoms with Gasteiger partial charge in [0, 0.05) is 26.0 Å². The van der Waals surface area contributed by atoms with Crippen LogP contribution in [-0.2, 0) is 22.5 Å². The Labute approximate surface area is 118 Å². The summed E-state index contributed by atoms with van der Waals surface area (Å²) in [6.45, 7) is 3.93. The lowest BCUT2D eigenvalue weighted by molar-refractivity contribution is -0.131. The van der Waals surface area contributed by atoms with Crippen LogP contribution >= 0.6 is 0 Å². The summed E-state index contributed by atoms with van der Waals surface area (Å²) in [5.41, 5.74) is -0.0617. The molecule has 110 valence electrons. The molecular weight excluding hydrogens is 258 g/mol. The third kappa shape index (κ3) is 2.70. The minimum absolute atomic E-state index is 0.0617. The molecule has 2 saturated heterocycles. The van der Waals surface area contributed by atoms with Gasteiger partial charge in [0.15, 0.2) is 0 Å². The molecule has 6 heteroatoms. The van der Waals surface area contributed by atoms with E-state index in [0.717, 1.165) is 38.7 Å². The first-order valence-electron chi connectivity index (χ1n) is 7.44. The van der Waals surface area contributed by atoms with Crippen LogP contribution < -0.4 is 0 Å². The first kappa shape index (κ1) is 13.5. The SMILES string of the molecule is CCc1nnc(CN2CC[C@]3(CCCO3)CCC2=O)o1. The molecule has 0 aliphatic carbocycles. The summed E-state index contributed by atoms with van der Waals surface area (Å²) in [6, 6.07) is 0. The average Bonchev–Trinajstić information content (AvgIpc) is 3.07. The summed E-state index contributed by atoms with van der Waals surface area (Å²) in [5, 5.41) is 7.93. The molecule has 1 atom stereocenters. The van der Waals surface area contributed by atoms with Crippen LogP contribution in [0.5, 0.6) is 0 Å². The maximum Gasteiger partial charge on any atom is 0.235 e. The Kier molecular flexibility index (Phi) is 3.74. The van der Waals surface area contributed by atoms with Crippen LogP contribution in [0.15, 0.2) is 4.42 Å². The van der Waals surface area contributed by atoms with Crippen molar-refractivity contribution in [3.05, 3.63) is 11.8 Å². The molecule has 6 nitrogen and oxygen atoms in total. The molecule has 3 rings (SSSR count). The normalized spacial score (nSPS) is 27.2. The fourth-order valence-electron chi connectivity index (χ4n) is 3.06. The van der Waals surface area contributed by atoms with Gasteiger partial charge >= 0.3 is 0 Å². The van der Waals surface area contributed by atoms with E-state index in [1.165, 1.54) is 0 Å². The van der Waals surface area contributed by atoms with E-state index < -0.39 is 0 Å². The van der Waals surface area contributed by atoms with Gasteiger partial charge in [0.05, 0.1) is 12.1 Å². The van der Waals surface area contributed by atoms with E-state index in [4.69, 9.17) is 9.15 Å². The number of aryl methyl sites for hydroxylation is 1. The number of amides is 1. The lowest BCUT2D eigenvalue weighted by atomic mass is 9.92. The van der Waals surface area contributed by atoms with E-state index in [9.17, 15) is 4.79 Å². The molecule has 1 amide bonds. The quantitative estimate of drug-likeness (QED) is 0.842. The fraction of sp³-hybridized carbons (Fsp3) is 0.786. The summed E-state index contributed by atoms with van der Waals surface area (Å²) in [7, 11) is 0. The van der Waals surface area contributed by atoms with E-state index in [1.807, 2.05) is 11.8 Å². The van der Waals surface area contributed by atoms with Crippen LogP contribution in [0, 0.1) is 0 Å². The van der Waals surface area contributed by atoms with Crippen molar-refractivity contribution in [2.45, 2.75) is 57.6 Å². The highest BCUT2D eigenvalue weighted by atomic mass is 16.5. The number of nitrogens with zero attached hydrogens (tertiary/aromatic N) is 3. The van der Waals surface area contributed by atoms with Crippen molar-refractivity contribution in [1.82, 2.24) is 15.1 Å². The number of carbonyl (C=O) groups is 1. The first-order valence-corrected chi connectivity index (χ1v) is 7.44. The molecule has 0 aromatic carbocycles. The molecule has 0 N–H and O–H groups in total. The Balaban J connectivity index is 1.65. The van der Waals surface area contributed by atoms with Crippen molar-refractivity contribution < 1.29 is 13.9 Å². The number of rotatable bonds is 3. The molecule has 1 aromatic heterocycles. The predicted octanol–water partition coefficient (Wildman–Crippen LogP) is 1.69. The number of hydrogen-bond donors (Lipinski definition) is 0. The Morgan fingerprint density at radius 3 is 2.80 bits per heavy atom. The van der Waals surface area contributed by atoms with Crippen molar-refractivity contribution in [2.75, 3.05) is 13.2 Å². The van der Waals surface area contributed by atoms with Gasteiger partial charge in [-0.2, -0.15) is 0 Å². The minimum atomic E-state index is -0.0617. The maximum absolute atomic E-state index is 12.2. The number of likely N-dealkylation sites (tertiary alicyclic amines) is 1. The van der Waals surface area contributed by atoms with E-state index in [-0.39, 0.29) is 11.5 Å². The summed E-state index contributed by atoms with van der Waals surface area (Å²) in [6.07, 6.45) is 5.21. The van der Waals surface area contributed by atoms with Crippen LogP contribution in [0.1, 0.15) is 50.8 Å². The van der Waals surface area contributed by atoms with Gasteiger partial charge in [-0.15, -0.1) is 10.2 Å². The molecule has 0 unspecified atom stereocenters. The smallest absolute Gasteiger partial charge is 0.235 e. The largest absolute Gasteiger partial charge is 0.423 e. The fourth-order valence-corrected chi connectivity index (χ4v) is 3.06. The first-order chi connectivity index (χ1) is 9.71. The predicted molar refractivity (Wildman–Crippen MR) is 70.9 cm³/mol. The van der Waals surface area contributed by atoms with Crippen LogP contribution in [0.4, 0.5) is 0 Å². The molecule has 3 heterocycles. The lowest BCUT2D eigenvalue weighted by Gasteiger charge is -2.26. The van der Waals surface area contributed by atoms with Crippen LogP contribution in [0.25, 0.3) is 0 Å². The Hall–Kier alpha value is -1.43. The van der Waals surface area contributed by atoms with Crippen LogP contribution in [-0.4, -0.2) is 39.8 Å². The summed E-state index contributed by atoms with van der Waals surface area (Å²) in [4.78, 5) is 14.0. The molecule has 2 aliphatic heterocycles. The molecule has 0 bridgehead atoms. The second-order valence-electron chi connectivity index (χ2n) is 5.64. The average molecular weight is 279 g/mol. The van der Waals surface area contributed by atoms with Crippen molar-refractivity contribution in [2.24, 2.45) is 0 Å². The highest BCUT2D eigenvalue weighted by Gasteiger charge is 2.38. The zero-order valence-corrected chi connectivity index (χ0v) is 11.9. The van der Waals surface area contributed by atoms with Gasteiger partial charge in [-0.25, -0.2) is 0 Å². The van der Waals surface area contributed by atoms with Crippen molar-refractivity contribution >= 4 is 5.91 Å².